The van der Waals surface area contributed by atoms with Gasteiger partial charge < -0.3 is 20.1 Å². The van der Waals surface area contributed by atoms with Crippen molar-refractivity contribution in [1.82, 2.24) is 20.1 Å². The van der Waals surface area contributed by atoms with Crippen molar-refractivity contribution in [3.63, 3.8) is 0 Å². The standard InChI is InChI=1S/C27H26FN5O4S/c1-17-5-4-6-20(13-17)30-25(34)16-38-27-32-31-24(33(27)21-10-8-19(28)9-11-21)15-29-26(35)18-7-12-22(36-2)23(14-18)37-3/h4-14H,15-16H2,1-3H3,(H,29,35)(H,30,34). The normalized spacial score (nSPS) is 10.6. The van der Waals surface area contributed by atoms with Gasteiger partial charge in [-0.15, -0.1) is 10.2 Å². The highest BCUT2D eigenvalue weighted by atomic mass is 32.2. The summed E-state index contributed by atoms with van der Waals surface area (Å²) in [5.74, 6) is 0.462. The number of rotatable bonds is 10. The fourth-order valence-corrected chi connectivity index (χ4v) is 4.42. The molecule has 0 bridgehead atoms. The molecule has 3 aromatic carbocycles. The van der Waals surface area contributed by atoms with E-state index >= 15 is 0 Å². The molecule has 38 heavy (non-hydrogen) atoms. The summed E-state index contributed by atoms with van der Waals surface area (Å²) >= 11 is 1.18. The predicted molar refractivity (Wildman–Crippen MR) is 143 cm³/mol. The number of ether oxygens (including phenoxy) is 2. The first-order valence-electron chi connectivity index (χ1n) is 11.6. The van der Waals surface area contributed by atoms with Gasteiger partial charge in [0.15, 0.2) is 22.5 Å². The van der Waals surface area contributed by atoms with Crippen LogP contribution in [0.4, 0.5) is 10.1 Å². The Morgan fingerprint density at radius 2 is 1.74 bits per heavy atom. The van der Waals surface area contributed by atoms with Gasteiger partial charge in [-0.25, -0.2) is 4.39 Å². The molecular formula is C27H26FN5O4S. The molecule has 1 heterocycles. The fourth-order valence-electron chi connectivity index (χ4n) is 3.65. The maximum absolute atomic E-state index is 13.6. The molecule has 4 aromatic rings. The van der Waals surface area contributed by atoms with Gasteiger partial charge in [0, 0.05) is 16.9 Å². The van der Waals surface area contributed by atoms with Crippen molar-refractivity contribution in [1.29, 1.82) is 0 Å². The van der Waals surface area contributed by atoms with Crippen LogP contribution in [0.3, 0.4) is 0 Å². The second kappa shape index (κ2) is 12.2. The summed E-state index contributed by atoms with van der Waals surface area (Å²) in [7, 11) is 3.01. The lowest BCUT2D eigenvalue weighted by atomic mass is 10.2. The van der Waals surface area contributed by atoms with E-state index in [1.165, 1.54) is 38.1 Å². The van der Waals surface area contributed by atoms with E-state index in [2.05, 4.69) is 20.8 Å². The van der Waals surface area contributed by atoms with Crippen molar-refractivity contribution in [2.45, 2.75) is 18.6 Å². The van der Waals surface area contributed by atoms with Crippen molar-refractivity contribution in [2.24, 2.45) is 0 Å². The number of nitrogens with one attached hydrogen (secondary N) is 2. The van der Waals surface area contributed by atoms with Gasteiger partial charge in [0.2, 0.25) is 5.91 Å². The van der Waals surface area contributed by atoms with Gasteiger partial charge in [-0.3, -0.25) is 14.2 Å². The SMILES string of the molecule is COc1ccc(C(=O)NCc2nnc(SCC(=O)Nc3cccc(C)c3)n2-c2ccc(F)cc2)cc1OC. The molecule has 0 saturated carbocycles. The van der Waals surface area contributed by atoms with Crippen LogP contribution >= 0.6 is 11.8 Å². The van der Waals surface area contributed by atoms with Crippen LogP contribution < -0.4 is 20.1 Å². The third kappa shape index (κ3) is 6.48. The lowest BCUT2D eigenvalue weighted by molar-refractivity contribution is -0.113. The lowest BCUT2D eigenvalue weighted by Crippen LogP contribution is -2.24. The average Bonchev–Trinajstić information content (AvgIpc) is 3.33. The van der Waals surface area contributed by atoms with Gasteiger partial charge in [-0.05, 0) is 67.1 Å². The number of amides is 2. The highest BCUT2D eigenvalue weighted by molar-refractivity contribution is 7.99. The smallest absolute Gasteiger partial charge is 0.251 e. The Bertz CT molecular complexity index is 1440. The van der Waals surface area contributed by atoms with E-state index in [0.717, 1.165) is 5.56 Å². The van der Waals surface area contributed by atoms with E-state index in [4.69, 9.17) is 9.47 Å². The summed E-state index contributed by atoms with van der Waals surface area (Å²) in [5.41, 5.74) is 2.70. The third-order valence-electron chi connectivity index (χ3n) is 5.47. The van der Waals surface area contributed by atoms with Crippen LogP contribution in [-0.4, -0.2) is 46.6 Å². The summed E-state index contributed by atoms with van der Waals surface area (Å²) in [6, 6.07) is 18.1. The van der Waals surface area contributed by atoms with Gasteiger partial charge in [-0.1, -0.05) is 23.9 Å². The summed E-state index contributed by atoms with van der Waals surface area (Å²) < 4.78 is 25.8. The molecule has 0 aliphatic carbocycles. The predicted octanol–water partition coefficient (Wildman–Crippen LogP) is 4.39. The molecule has 0 atom stereocenters. The first-order valence-corrected chi connectivity index (χ1v) is 12.6. The number of methoxy groups -OCH3 is 2. The molecule has 11 heteroatoms. The van der Waals surface area contributed by atoms with Gasteiger partial charge in [0.25, 0.3) is 5.91 Å². The minimum atomic E-state index is -0.392. The van der Waals surface area contributed by atoms with E-state index in [1.54, 1.807) is 34.9 Å². The number of aromatic nitrogens is 3. The zero-order valence-corrected chi connectivity index (χ0v) is 21.8. The largest absolute Gasteiger partial charge is 0.493 e. The molecule has 2 N–H and O–H groups in total. The van der Waals surface area contributed by atoms with Crippen LogP contribution in [0.25, 0.3) is 5.69 Å². The van der Waals surface area contributed by atoms with Crippen molar-refractivity contribution < 1.29 is 23.5 Å². The average molecular weight is 536 g/mol. The summed E-state index contributed by atoms with van der Waals surface area (Å²) in [6.07, 6.45) is 0. The maximum Gasteiger partial charge on any atom is 0.251 e. The minimum Gasteiger partial charge on any atom is -0.493 e. The summed E-state index contributed by atoms with van der Waals surface area (Å²) in [6.45, 7) is 1.98. The second-order valence-electron chi connectivity index (χ2n) is 8.17. The Hall–Kier alpha value is -4.38. The maximum atomic E-state index is 13.6. The first kappa shape index (κ1) is 26.7. The number of carbonyl (C=O) groups excluding carboxylic acids is 2. The summed E-state index contributed by atoms with van der Waals surface area (Å²) in [5, 5.41) is 14.5. The van der Waals surface area contributed by atoms with Crippen LogP contribution in [-0.2, 0) is 11.3 Å². The first-order chi connectivity index (χ1) is 18.4. The van der Waals surface area contributed by atoms with E-state index in [0.29, 0.717) is 39.4 Å². The lowest BCUT2D eigenvalue weighted by Gasteiger charge is -2.12. The molecular weight excluding hydrogens is 509 g/mol. The molecule has 0 radical (unpaired) electrons. The van der Waals surface area contributed by atoms with Crippen LogP contribution in [0.5, 0.6) is 11.5 Å². The van der Waals surface area contributed by atoms with Gasteiger partial charge in [-0.2, -0.15) is 0 Å². The van der Waals surface area contributed by atoms with Gasteiger partial charge in [0.1, 0.15) is 5.82 Å². The second-order valence-corrected chi connectivity index (χ2v) is 9.11. The Morgan fingerprint density at radius 1 is 0.974 bits per heavy atom. The number of aryl methyl sites for hydroxylation is 1. The minimum absolute atomic E-state index is 0.0353. The molecule has 0 unspecified atom stereocenters. The number of halogens is 1. The molecule has 0 spiro atoms. The highest BCUT2D eigenvalue weighted by Crippen LogP contribution is 2.28. The van der Waals surface area contributed by atoms with Gasteiger partial charge in [0.05, 0.1) is 26.5 Å². The highest BCUT2D eigenvalue weighted by Gasteiger charge is 2.18. The van der Waals surface area contributed by atoms with Crippen molar-refractivity contribution in [3.8, 4) is 17.2 Å². The van der Waals surface area contributed by atoms with Crippen LogP contribution in [0, 0.1) is 12.7 Å². The van der Waals surface area contributed by atoms with Crippen molar-refractivity contribution in [2.75, 3.05) is 25.3 Å². The number of carbonyl (C=O) groups is 2. The number of thioether (sulfide) groups is 1. The van der Waals surface area contributed by atoms with E-state index in [9.17, 15) is 14.0 Å². The molecule has 9 nitrogen and oxygen atoms in total. The Kier molecular flexibility index (Phi) is 8.59. The van der Waals surface area contributed by atoms with Crippen LogP contribution in [0.1, 0.15) is 21.7 Å². The molecule has 0 saturated heterocycles. The molecule has 0 fully saturated rings. The number of hydrogen-bond donors (Lipinski definition) is 2. The monoisotopic (exact) mass is 535 g/mol. The van der Waals surface area contributed by atoms with Crippen molar-refractivity contribution >= 4 is 29.3 Å². The number of benzene rings is 3. The number of anilines is 1. The Labute approximate surface area is 223 Å². The quantitative estimate of drug-likeness (QED) is 0.290. The third-order valence-corrected chi connectivity index (χ3v) is 6.40. The van der Waals surface area contributed by atoms with E-state index in [-0.39, 0.29) is 24.1 Å². The van der Waals surface area contributed by atoms with E-state index < -0.39 is 5.82 Å². The molecule has 2 amide bonds. The Balaban J connectivity index is 1.50. The molecule has 0 aliphatic rings. The van der Waals surface area contributed by atoms with E-state index in [1.807, 2.05) is 31.2 Å². The molecule has 1 aromatic heterocycles. The molecule has 196 valence electrons. The van der Waals surface area contributed by atoms with Crippen molar-refractivity contribution in [3.05, 3.63) is 89.5 Å². The van der Waals surface area contributed by atoms with Gasteiger partial charge >= 0.3 is 0 Å². The molecule has 0 aliphatic heterocycles. The number of nitrogens with zero attached hydrogens (tertiary/aromatic N) is 3. The zero-order valence-electron chi connectivity index (χ0n) is 21.0. The molecule has 4 rings (SSSR count). The fraction of sp³-hybridized carbons (Fsp3) is 0.185. The number of hydrogen-bond acceptors (Lipinski definition) is 7. The van der Waals surface area contributed by atoms with Crippen LogP contribution in [0.15, 0.2) is 71.9 Å². The van der Waals surface area contributed by atoms with Crippen LogP contribution in [0.2, 0.25) is 0 Å². The topological polar surface area (TPSA) is 107 Å². The zero-order chi connectivity index (χ0) is 27.1. The summed E-state index contributed by atoms with van der Waals surface area (Å²) in [4.78, 5) is 25.4. The Morgan fingerprint density at radius 3 is 2.45 bits per heavy atom.